The van der Waals surface area contributed by atoms with Crippen molar-refractivity contribution in [3.63, 3.8) is 0 Å². The van der Waals surface area contributed by atoms with Crippen molar-refractivity contribution in [2.75, 3.05) is 19.8 Å². The molecule has 84 valence electrons. The maximum Gasteiger partial charge on any atom is 0.0699 e. The quantitative estimate of drug-likeness (QED) is 0.704. The summed E-state index contributed by atoms with van der Waals surface area (Å²) in [6.07, 6.45) is 4.83. The van der Waals surface area contributed by atoms with E-state index in [1.165, 1.54) is 19.3 Å². The third-order valence-electron chi connectivity index (χ3n) is 2.82. The fraction of sp³-hybridized carbons (Fsp3) is 1.00. The molecule has 1 aliphatic rings. The Morgan fingerprint density at radius 3 is 2.79 bits per heavy atom. The lowest BCUT2D eigenvalue weighted by molar-refractivity contribution is 0.0122. The molecule has 1 rings (SSSR count). The van der Waals surface area contributed by atoms with Crippen LogP contribution in [0.2, 0.25) is 0 Å². The molecular weight excluding hydrogens is 178 g/mol. The second-order valence-corrected chi connectivity index (χ2v) is 4.73. The molecule has 0 bridgehead atoms. The van der Waals surface area contributed by atoms with Gasteiger partial charge in [0, 0.05) is 25.3 Å². The molecule has 3 nitrogen and oxygen atoms in total. The fourth-order valence-electron chi connectivity index (χ4n) is 1.73. The molecule has 0 radical (unpaired) electrons. The van der Waals surface area contributed by atoms with Crippen LogP contribution in [0, 0.1) is 0 Å². The number of nitrogens with one attached hydrogen (secondary N) is 1. The molecule has 1 fully saturated rings. The number of hydrogen-bond donors (Lipinski definition) is 2. The molecular formula is C11H23NO2. The maximum absolute atomic E-state index is 8.87. The molecule has 0 amide bonds. The second-order valence-electron chi connectivity index (χ2n) is 4.73. The molecule has 1 unspecified atom stereocenters. The molecule has 0 aliphatic carbocycles. The maximum atomic E-state index is 8.87. The highest BCUT2D eigenvalue weighted by Gasteiger charge is 2.20. The van der Waals surface area contributed by atoms with E-state index < -0.39 is 0 Å². The van der Waals surface area contributed by atoms with Crippen molar-refractivity contribution >= 4 is 0 Å². The van der Waals surface area contributed by atoms with E-state index in [9.17, 15) is 0 Å². The minimum absolute atomic E-state index is 0.0234. The Balaban J connectivity index is 2.17. The smallest absolute Gasteiger partial charge is 0.0699 e. The summed E-state index contributed by atoms with van der Waals surface area (Å²) in [5, 5.41) is 12.3. The fourth-order valence-corrected chi connectivity index (χ4v) is 1.73. The first-order valence-corrected chi connectivity index (χ1v) is 5.61. The summed E-state index contributed by atoms with van der Waals surface area (Å²) in [7, 11) is 0. The Bertz CT molecular complexity index is 153. The summed E-state index contributed by atoms with van der Waals surface area (Å²) in [4.78, 5) is 0. The third-order valence-corrected chi connectivity index (χ3v) is 2.82. The van der Waals surface area contributed by atoms with Crippen molar-refractivity contribution in [3.8, 4) is 0 Å². The highest BCUT2D eigenvalue weighted by atomic mass is 16.5. The number of rotatable bonds is 5. The van der Waals surface area contributed by atoms with Crippen molar-refractivity contribution in [3.05, 3.63) is 0 Å². The number of ether oxygens (including phenoxy) is 1. The lowest BCUT2D eigenvalue weighted by Gasteiger charge is -2.30. The summed E-state index contributed by atoms with van der Waals surface area (Å²) in [5.74, 6) is 0. The first kappa shape index (κ1) is 12.0. The normalized spacial score (nSPS) is 23.8. The lowest BCUT2D eigenvalue weighted by Crippen LogP contribution is -2.45. The van der Waals surface area contributed by atoms with E-state index in [2.05, 4.69) is 19.2 Å². The van der Waals surface area contributed by atoms with Gasteiger partial charge in [0.25, 0.3) is 0 Å². The van der Waals surface area contributed by atoms with E-state index in [1.807, 2.05) is 0 Å². The van der Waals surface area contributed by atoms with E-state index in [1.54, 1.807) is 0 Å². The van der Waals surface area contributed by atoms with E-state index in [4.69, 9.17) is 9.84 Å². The van der Waals surface area contributed by atoms with Gasteiger partial charge in [-0.2, -0.15) is 0 Å². The van der Waals surface area contributed by atoms with Crippen LogP contribution >= 0.6 is 0 Å². The van der Waals surface area contributed by atoms with Crippen LogP contribution < -0.4 is 5.32 Å². The van der Waals surface area contributed by atoms with Crippen LogP contribution in [0.4, 0.5) is 0 Å². The molecule has 1 heterocycles. The van der Waals surface area contributed by atoms with Crippen molar-refractivity contribution in [2.45, 2.75) is 51.2 Å². The zero-order valence-corrected chi connectivity index (χ0v) is 9.38. The first-order chi connectivity index (χ1) is 6.64. The van der Waals surface area contributed by atoms with Gasteiger partial charge in [-0.25, -0.2) is 0 Å². The summed E-state index contributed by atoms with van der Waals surface area (Å²) in [5.41, 5.74) is 0.0234. The monoisotopic (exact) mass is 201 g/mol. The van der Waals surface area contributed by atoms with Crippen LogP contribution in [0.15, 0.2) is 0 Å². The lowest BCUT2D eigenvalue weighted by atomic mass is 10.0. The van der Waals surface area contributed by atoms with Gasteiger partial charge in [-0.05, 0) is 39.5 Å². The highest BCUT2D eigenvalue weighted by Crippen LogP contribution is 2.14. The van der Waals surface area contributed by atoms with Gasteiger partial charge in [0.2, 0.25) is 0 Å². The predicted octanol–water partition coefficient (Wildman–Crippen LogP) is 1.31. The van der Waals surface area contributed by atoms with Gasteiger partial charge in [0.15, 0.2) is 0 Å². The van der Waals surface area contributed by atoms with E-state index in [0.29, 0.717) is 6.10 Å². The van der Waals surface area contributed by atoms with Gasteiger partial charge in [0.05, 0.1) is 6.10 Å². The average molecular weight is 201 g/mol. The van der Waals surface area contributed by atoms with Gasteiger partial charge in [-0.15, -0.1) is 0 Å². The van der Waals surface area contributed by atoms with Crippen molar-refractivity contribution in [1.29, 1.82) is 0 Å². The molecule has 1 atom stereocenters. The van der Waals surface area contributed by atoms with Gasteiger partial charge in [-0.3, -0.25) is 0 Å². The molecule has 14 heavy (non-hydrogen) atoms. The molecule has 3 heteroatoms. The number of aliphatic hydroxyl groups is 1. The van der Waals surface area contributed by atoms with Crippen LogP contribution in [-0.2, 0) is 4.74 Å². The van der Waals surface area contributed by atoms with Crippen LogP contribution in [0.3, 0.4) is 0 Å². The molecule has 0 aromatic rings. The molecule has 0 aromatic carbocycles. The Hall–Kier alpha value is -0.120. The average Bonchev–Trinajstić information content (AvgIpc) is 2.17. The van der Waals surface area contributed by atoms with Crippen LogP contribution in [0.25, 0.3) is 0 Å². The molecule has 1 saturated heterocycles. The number of aliphatic hydroxyl groups excluding tert-OH is 1. The van der Waals surface area contributed by atoms with Crippen LogP contribution in [0.5, 0.6) is 0 Å². The van der Waals surface area contributed by atoms with E-state index in [-0.39, 0.29) is 12.1 Å². The number of hydrogen-bond acceptors (Lipinski definition) is 3. The minimum Gasteiger partial charge on any atom is -0.396 e. The third kappa shape index (κ3) is 4.40. The Kier molecular flexibility index (Phi) is 4.85. The summed E-state index contributed by atoms with van der Waals surface area (Å²) in [6.45, 7) is 6.30. The zero-order valence-electron chi connectivity index (χ0n) is 9.38. The summed E-state index contributed by atoms with van der Waals surface area (Å²) in [6, 6.07) is 0. The SMILES string of the molecule is CC(C)(CCO)NCC1CCCCO1. The van der Waals surface area contributed by atoms with Gasteiger partial charge in [-0.1, -0.05) is 0 Å². The van der Waals surface area contributed by atoms with Gasteiger partial charge >= 0.3 is 0 Å². The zero-order chi connectivity index (χ0) is 10.4. The second kappa shape index (κ2) is 5.69. The standard InChI is InChI=1S/C11H23NO2/c1-11(2,6-7-13)12-9-10-5-3-4-8-14-10/h10,12-13H,3-9H2,1-2H3. The molecule has 0 aromatic heterocycles. The largest absolute Gasteiger partial charge is 0.396 e. The topological polar surface area (TPSA) is 41.5 Å². The predicted molar refractivity (Wildman–Crippen MR) is 57.4 cm³/mol. The highest BCUT2D eigenvalue weighted by molar-refractivity contribution is 4.79. The Morgan fingerprint density at radius 1 is 1.43 bits per heavy atom. The Labute approximate surface area is 86.8 Å². The van der Waals surface area contributed by atoms with E-state index >= 15 is 0 Å². The molecule has 2 N–H and O–H groups in total. The summed E-state index contributed by atoms with van der Waals surface area (Å²) < 4.78 is 5.63. The van der Waals surface area contributed by atoms with Gasteiger partial charge in [0.1, 0.15) is 0 Å². The summed E-state index contributed by atoms with van der Waals surface area (Å²) >= 11 is 0. The van der Waals surface area contributed by atoms with Crippen LogP contribution in [0.1, 0.15) is 39.5 Å². The first-order valence-electron chi connectivity index (χ1n) is 5.61. The Morgan fingerprint density at radius 2 is 2.21 bits per heavy atom. The van der Waals surface area contributed by atoms with Crippen LogP contribution in [-0.4, -0.2) is 36.5 Å². The van der Waals surface area contributed by atoms with E-state index in [0.717, 1.165) is 19.6 Å². The van der Waals surface area contributed by atoms with Crippen molar-refractivity contribution < 1.29 is 9.84 Å². The van der Waals surface area contributed by atoms with Crippen molar-refractivity contribution in [2.24, 2.45) is 0 Å². The van der Waals surface area contributed by atoms with Gasteiger partial charge < -0.3 is 15.2 Å². The minimum atomic E-state index is 0.0234. The molecule has 1 aliphatic heterocycles. The van der Waals surface area contributed by atoms with Crippen molar-refractivity contribution in [1.82, 2.24) is 5.32 Å². The molecule has 0 spiro atoms. The molecule has 0 saturated carbocycles.